The van der Waals surface area contributed by atoms with Gasteiger partial charge in [0, 0.05) is 17.9 Å². The minimum Gasteiger partial charge on any atom is -0.268 e. The van der Waals surface area contributed by atoms with Crippen LogP contribution in [0.4, 0.5) is 5.69 Å². The zero-order valence-corrected chi connectivity index (χ0v) is 16.6. The highest BCUT2D eigenvalue weighted by Gasteiger charge is 2.15. The van der Waals surface area contributed by atoms with E-state index in [1.54, 1.807) is 48.5 Å². The van der Waals surface area contributed by atoms with Crippen molar-refractivity contribution < 1.29 is 4.92 Å². The lowest BCUT2D eigenvalue weighted by Crippen LogP contribution is -2.22. The van der Waals surface area contributed by atoms with Crippen molar-refractivity contribution >= 4 is 40.0 Å². The quantitative estimate of drug-likeness (QED) is 0.190. The summed E-state index contributed by atoms with van der Waals surface area (Å²) in [5.41, 5.74) is 1.88. The van der Waals surface area contributed by atoms with Crippen LogP contribution < -0.4 is 5.56 Å². The molecular weight excluding hydrogens is 410 g/mol. The number of benzene rings is 3. The maximum atomic E-state index is 13.2. The summed E-state index contributed by atoms with van der Waals surface area (Å²) >= 11 is 7.73. The lowest BCUT2D eigenvalue weighted by Gasteiger charge is -2.14. The molecule has 0 saturated heterocycles. The number of aromatic nitrogens is 2. The average molecular weight is 424 g/mol. The van der Waals surface area contributed by atoms with Crippen LogP contribution in [-0.4, -0.2) is 14.5 Å². The van der Waals surface area contributed by atoms with Crippen molar-refractivity contribution in [1.82, 2.24) is 9.55 Å². The van der Waals surface area contributed by atoms with Gasteiger partial charge in [-0.1, -0.05) is 59.8 Å². The molecule has 0 aliphatic rings. The Bertz CT molecular complexity index is 1270. The number of thioether (sulfide) groups is 1. The van der Waals surface area contributed by atoms with Crippen LogP contribution in [0.3, 0.4) is 0 Å². The largest absolute Gasteiger partial charge is 0.269 e. The van der Waals surface area contributed by atoms with Crippen molar-refractivity contribution in [2.45, 2.75) is 10.9 Å². The summed E-state index contributed by atoms with van der Waals surface area (Å²) in [4.78, 5) is 28.3. The molecule has 8 heteroatoms. The van der Waals surface area contributed by atoms with E-state index >= 15 is 0 Å². The zero-order chi connectivity index (χ0) is 20.4. The monoisotopic (exact) mass is 423 g/mol. The number of hydrogen-bond donors (Lipinski definition) is 0. The lowest BCUT2D eigenvalue weighted by molar-refractivity contribution is -0.384. The average Bonchev–Trinajstić information content (AvgIpc) is 2.73. The molecule has 4 rings (SSSR count). The zero-order valence-electron chi connectivity index (χ0n) is 15.0. The summed E-state index contributed by atoms with van der Waals surface area (Å²) in [6.07, 6.45) is 0. The van der Waals surface area contributed by atoms with Crippen LogP contribution in [-0.2, 0) is 5.75 Å². The molecule has 6 nitrogen and oxygen atoms in total. The van der Waals surface area contributed by atoms with E-state index < -0.39 is 4.92 Å². The van der Waals surface area contributed by atoms with E-state index in [4.69, 9.17) is 11.6 Å². The molecule has 29 heavy (non-hydrogen) atoms. The van der Waals surface area contributed by atoms with Crippen molar-refractivity contribution in [2.24, 2.45) is 0 Å². The molecule has 0 N–H and O–H groups in total. The minimum absolute atomic E-state index is 0.0376. The third kappa shape index (κ3) is 3.87. The van der Waals surface area contributed by atoms with Gasteiger partial charge in [-0.25, -0.2) is 4.98 Å². The van der Waals surface area contributed by atoms with E-state index in [0.717, 1.165) is 5.56 Å². The van der Waals surface area contributed by atoms with Crippen LogP contribution in [0.15, 0.2) is 82.7 Å². The molecule has 0 amide bonds. The molecular formula is C21H14ClN3O3S. The first-order chi connectivity index (χ1) is 14.0. The predicted octanol–water partition coefficient (Wildman–Crippen LogP) is 5.24. The Morgan fingerprint density at radius 1 is 1.00 bits per heavy atom. The van der Waals surface area contributed by atoms with Gasteiger partial charge in [0.2, 0.25) is 0 Å². The van der Waals surface area contributed by atoms with Gasteiger partial charge >= 0.3 is 0 Å². The van der Waals surface area contributed by atoms with Gasteiger partial charge in [0.05, 0.1) is 26.5 Å². The Hall–Kier alpha value is -3.16. The van der Waals surface area contributed by atoms with Gasteiger partial charge in [-0.2, -0.15) is 0 Å². The molecule has 0 aliphatic carbocycles. The molecule has 1 aromatic heterocycles. The normalized spacial score (nSPS) is 10.9. The first kappa shape index (κ1) is 19.2. The fourth-order valence-corrected chi connectivity index (χ4v) is 4.10. The standard InChI is InChI=1S/C21H14ClN3O3S/c22-17-6-2-4-8-19(17)24-20(26)16-5-1-3-7-18(16)23-21(24)29-13-14-9-11-15(12-10-14)25(27)28/h1-12H,13H2. The maximum absolute atomic E-state index is 13.2. The molecule has 0 saturated carbocycles. The fourth-order valence-electron chi connectivity index (χ4n) is 2.92. The summed E-state index contributed by atoms with van der Waals surface area (Å²) in [5, 5.41) is 12.3. The summed E-state index contributed by atoms with van der Waals surface area (Å²) in [6, 6.07) is 20.6. The highest BCUT2D eigenvalue weighted by Crippen LogP contribution is 2.28. The first-order valence-electron chi connectivity index (χ1n) is 8.67. The van der Waals surface area contributed by atoms with E-state index in [1.807, 2.05) is 12.1 Å². The second-order valence-corrected chi connectivity index (χ2v) is 7.57. The number of para-hydroxylation sites is 2. The van der Waals surface area contributed by atoms with Crippen LogP contribution in [0.1, 0.15) is 5.56 Å². The third-order valence-corrected chi connectivity index (χ3v) is 5.68. The van der Waals surface area contributed by atoms with Gasteiger partial charge in [0.25, 0.3) is 11.2 Å². The molecule has 0 aliphatic heterocycles. The third-order valence-electron chi connectivity index (χ3n) is 4.35. The molecule has 0 radical (unpaired) electrons. The Morgan fingerprint density at radius 3 is 2.41 bits per heavy atom. The van der Waals surface area contributed by atoms with Crippen molar-refractivity contribution in [1.29, 1.82) is 0 Å². The van der Waals surface area contributed by atoms with Crippen molar-refractivity contribution in [2.75, 3.05) is 0 Å². The van der Waals surface area contributed by atoms with Crippen LogP contribution in [0, 0.1) is 10.1 Å². The number of non-ortho nitro benzene ring substituents is 1. The van der Waals surface area contributed by atoms with E-state index in [9.17, 15) is 14.9 Å². The number of nitro benzene ring substituents is 1. The van der Waals surface area contributed by atoms with Gasteiger partial charge in [-0.3, -0.25) is 19.5 Å². The van der Waals surface area contributed by atoms with Crippen molar-refractivity contribution in [3.8, 4) is 5.69 Å². The van der Waals surface area contributed by atoms with E-state index in [-0.39, 0.29) is 11.2 Å². The maximum Gasteiger partial charge on any atom is 0.269 e. The van der Waals surface area contributed by atoms with Gasteiger partial charge in [0.15, 0.2) is 5.16 Å². The Labute approximate surface area is 174 Å². The number of halogens is 1. The van der Waals surface area contributed by atoms with Crippen LogP contribution in [0.2, 0.25) is 5.02 Å². The summed E-state index contributed by atoms with van der Waals surface area (Å²) in [5.74, 6) is 0.493. The van der Waals surface area contributed by atoms with Gasteiger partial charge in [-0.15, -0.1) is 0 Å². The minimum atomic E-state index is -0.434. The number of nitrogens with zero attached hydrogens (tertiary/aromatic N) is 3. The number of hydrogen-bond acceptors (Lipinski definition) is 5. The molecule has 0 bridgehead atoms. The van der Waals surface area contributed by atoms with Crippen molar-refractivity contribution in [3.63, 3.8) is 0 Å². The molecule has 3 aromatic carbocycles. The predicted molar refractivity (Wildman–Crippen MR) is 115 cm³/mol. The smallest absolute Gasteiger partial charge is 0.268 e. The molecule has 144 valence electrons. The second-order valence-electron chi connectivity index (χ2n) is 6.22. The molecule has 0 spiro atoms. The molecule has 0 fully saturated rings. The first-order valence-corrected chi connectivity index (χ1v) is 10.0. The highest BCUT2D eigenvalue weighted by atomic mass is 35.5. The second kappa shape index (κ2) is 8.06. The van der Waals surface area contributed by atoms with Crippen molar-refractivity contribution in [3.05, 3.63) is 104 Å². The van der Waals surface area contributed by atoms with Crippen LogP contribution in [0.25, 0.3) is 16.6 Å². The van der Waals surface area contributed by atoms with E-state index in [2.05, 4.69) is 4.98 Å². The van der Waals surface area contributed by atoms with Crippen LogP contribution in [0.5, 0.6) is 0 Å². The van der Waals surface area contributed by atoms with Gasteiger partial charge in [-0.05, 0) is 29.8 Å². The van der Waals surface area contributed by atoms with Gasteiger partial charge < -0.3 is 0 Å². The molecule has 1 heterocycles. The SMILES string of the molecule is O=c1c2ccccc2nc(SCc2ccc([N+](=O)[O-])cc2)n1-c1ccccc1Cl. The molecule has 0 atom stereocenters. The van der Waals surface area contributed by atoms with Gasteiger partial charge in [0.1, 0.15) is 0 Å². The number of fused-ring (bicyclic) bond motifs is 1. The number of rotatable bonds is 5. The lowest BCUT2D eigenvalue weighted by atomic mass is 10.2. The Kier molecular flexibility index (Phi) is 5.33. The topological polar surface area (TPSA) is 78.0 Å². The summed E-state index contributed by atoms with van der Waals surface area (Å²) in [6.45, 7) is 0. The van der Waals surface area contributed by atoms with Crippen LogP contribution >= 0.6 is 23.4 Å². The van der Waals surface area contributed by atoms with E-state index in [1.165, 1.54) is 28.5 Å². The fraction of sp³-hybridized carbons (Fsp3) is 0.0476. The van der Waals surface area contributed by atoms with E-state index in [0.29, 0.717) is 32.5 Å². The molecule has 4 aromatic rings. The Balaban J connectivity index is 1.78. The summed E-state index contributed by atoms with van der Waals surface area (Å²) < 4.78 is 1.51. The highest BCUT2D eigenvalue weighted by molar-refractivity contribution is 7.98. The molecule has 0 unspecified atom stereocenters. The summed E-state index contributed by atoms with van der Waals surface area (Å²) in [7, 11) is 0. The Morgan fingerprint density at radius 2 is 1.69 bits per heavy atom. The number of nitro groups is 1.